The number of esters is 1. The first kappa shape index (κ1) is 11.0. The molecule has 0 fully saturated rings. The fourth-order valence-corrected chi connectivity index (χ4v) is 1.34. The molecule has 76 valence electrons. The molecule has 0 saturated carbocycles. The van der Waals surface area contributed by atoms with E-state index in [2.05, 4.69) is 20.7 Å². The fraction of sp³-hybridized carbons (Fsp3) is 0.300. The lowest BCUT2D eigenvalue weighted by Gasteiger charge is -2.03. The summed E-state index contributed by atoms with van der Waals surface area (Å²) in [6.45, 7) is 0. The molecule has 0 aliphatic carbocycles. The van der Waals surface area contributed by atoms with Crippen LogP contribution in [0, 0.1) is 0 Å². The number of ether oxygens (including phenoxy) is 1. The first-order chi connectivity index (χ1) is 6.63. The molecule has 0 unspecified atom stereocenters. The van der Waals surface area contributed by atoms with Crippen molar-refractivity contribution in [2.75, 3.05) is 12.8 Å². The lowest BCUT2D eigenvalue weighted by Crippen LogP contribution is -2.02. The summed E-state index contributed by atoms with van der Waals surface area (Å²) in [5.41, 5.74) is 7.42. The molecule has 0 heterocycles. The van der Waals surface area contributed by atoms with E-state index < -0.39 is 0 Å². The van der Waals surface area contributed by atoms with Crippen molar-refractivity contribution in [2.45, 2.75) is 12.8 Å². The second-order valence-corrected chi connectivity index (χ2v) is 3.79. The molecule has 0 amide bonds. The Balaban J connectivity index is 2.60. The molecule has 0 aliphatic heterocycles. The van der Waals surface area contributed by atoms with Crippen LogP contribution < -0.4 is 5.73 Å². The van der Waals surface area contributed by atoms with Gasteiger partial charge in [0.1, 0.15) is 0 Å². The van der Waals surface area contributed by atoms with Crippen LogP contribution in [0.1, 0.15) is 12.0 Å². The van der Waals surface area contributed by atoms with E-state index in [4.69, 9.17) is 5.73 Å². The monoisotopic (exact) mass is 257 g/mol. The summed E-state index contributed by atoms with van der Waals surface area (Å²) < 4.78 is 5.42. The van der Waals surface area contributed by atoms with Crippen LogP contribution in [0.5, 0.6) is 0 Å². The number of nitrogens with two attached hydrogens (primary N) is 1. The molecule has 2 N–H and O–H groups in total. The van der Waals surface area contributed by atoms with Gasteiger partial charge in [0.15, 0.2) is 0 Å². The number of methoxy groups -OCH3 is 1. The van der Waals surface area contributed by atoms with Crippen LogP contribution in [0.2, 0.25) is 0 Å². The van der Waals surface area contributed by atoms with Crippen LogP contribution in [0.3, 0.4) is 0 Å². The zero-order chi connectivity index (χ0) is 10.6. The van der Waals surface area contributed by atoms with Gasteiger partial charge in [-0.15, -0.1) is 0 Å². The Morgan fingerprint density at radius 2 is 2.29 bits per heavy atom. The van der Waals surface area contributed by atoms with E-state index in [1.807, 2.05) is 18.2 Å². The number of anilines is 1. The molecule has 1 rings (SSSR count). The molecular weight excluding hydrogens is 246 g/mol. The Labute approximate surface area is 91.4 Å². The van der Waals surface area contributed by atoms with E-state index >= 15 is 0 Å². The molecule has 14 heavy (non-hydrogen) atoms. The third-order valence-corrected chi connectivity index (χ3v) is 2.63. The van der Waals surface area contributed by atoms with Crippen molar-refractivity contribution in [1.82, 2.24) is 0 Å². The highest BCUT2D eigenvalue weighted by Gasteiger charge is 2.02. The van der Waals surface area contributed by atoms with Crippen molar-refractivity contribution < 1.29 is 9.53 Å². The second kappa shape index (κ2) is 5.00. The van der Waals surface area contributed by atoms with Crippen molar-refractivity contribution in [3.63, 3.8) is 0 Å². The first-order valence-corrected chi connectivity index (χ1v) is 5.03. The van der Waals surface area contributed by atoms with Gasteiger partial charge >= 0.3 is 5.97 Å². The number of nitrogen functional groups attached to an aromatic ring is 1. The van der Waals surface area contributed by atoms with Gasteiger partial charge in [-0.25, -0.2) is 0 Å². The molecule has 3 nitrogen and oxygen atoms in total. The summed E-state index contributed by atoms with van der Waals surface area (Å²) in [5.74, 6) is -0.202. The van der Waals surface area contributed by atoms with Gasteiger partial charge in [0.2, 0.25) is 0 Å². The molecule has 0 bridgehead atoms. The smallest absolute Gasteiger partial charge is 0.305 e. The molecule has 0 saturated heterocycles. The SMILES string of the molecule is COC(=O)CCc1ccc(Br)c(N)c1. The van der Waals surface area contributed by atoms with Gasteiger partial charge in [-0.2, -0.15) is 0 Å². The Morgan fingerprint density at radius 3 is 2.86 bits per heavy atom. The number of aryl methyl sites for hydroxylation is 1. The van der Waals surface area contributed by atoms with Crippen molar-refractivity contribution in [3.05, 3.63) is 28.2 Å². The summed E-state index contributed by atoms with van der Waals surface area (Å²) in [4.78, 5) is 10.9. The van der Waals surface area contributed by atoms with Crippen LogP contribution in [-0.2, 0) is 16.0 Å². The fourth-order valence-electron chi connectivity index (χ4n) is 1.10. The number of benzene rings is 1. The average molecular weight is 258 g/mol. The van der Waals surface area contributed by atoms with Crippen molar-refractivity contribution in [3.8, 4) is 0 Å². The molecule has 0 aliphatic rings. The molecular formula is C10H12BrNO2. The highest BCUT2D eigenvalue weighted by molar-refractivity contribution is 9.10. The highest BCUT2D eigenvalue weighted by atomic mass is 79.9. The minimum absolute atomic E-state index is 0.202. The van der Waals surface area contributed by atoms with Gasteiger partial charge < -0.3 is 10.5 Å². The van der Waals surface area contributed by atoms with Gasteiger partial charge in [-0.05, 0) is 40.0 Å². The Morgan fingerprint density at radius 1 is 1.57 bits per heavy atom. The van der Waals surface area contributed by atoms with Gasteiger partial charge in [0.25, 0.3) is 0 Å². The van der Waals surface area contributed by atoms with Gasteiger partial charge in [-0.1, -0.05) is 6.07 Å². The van der Waals surface area contributed by atoms with Crippen molar-refractivity contribution >= 4 is 27.6 Å². The van der Waals surface area contributed by atoms with E-state index in [1.54, 1.807) is 0 Å². The van der Waals surface area contributed by atoms with Crippen LogP contribution >= 0.6 is 15.9 Å². The van der Waals surface area contributed by atoms with Crippen molar-refractivity contribution in [1.29, 1.82) is 0 Å². The third kappa shape index (κ3) is 3.03. The lowest BCUT2D eigenvalue weighted by molar-refractivity contribution is -0.140. The molecule has 1 aromatic rings. The Kier molecular flexibility index (Phi) is 3.95. The normalized spacial score (nSPS) is 9.86. The standard InChI is InChI=1S/C10H12BrNO2/c1-14-10(13)5-3-7-2-4-8(11)9(12)6-7/h2,4,6H,3,5,12H2,1H3. The quantitative estimate of drug-likeness (QED) is 0.667. The molecule has 0 atom stereocenters. The lowest BCUT2D eigenvalue weighted by atomic mass is 10.1. The third-order valence-electron chi connectivity index (χ3n) is 1.91. The van der Waals surface area contributed by atoms with Gasteiger partial charge in [0.05, 0.1) is 7.11 Å². The van der Waals surface area contributed by atoms with E-state index in [1.165, 1.54) is 7.11 Å². The minimum atomic E-state index is -0.202. The highest BCUT2D eigenvalue weighted by Crippen LogP contribution is 2.20. The zero-order valence-corrected chi connectivity index (χ0v) is 9.50. The Hall–Kier alpha value is -1.03. The van der Waals surface area contributed by atoms with Crippen LogP contribution in [0.15, 0.2) is 22.7 Å². The van der Waals surface area contributed by atoms with Gasteiger partial charge in [-0.3, -0.25) is 4.79 Å². The molecule has 1 aromatic carbocycles. The van der Waals surface area contributed by atoms with E-state index in [0.29, 0.717) is 18.5 Å². The summed E-state index contributed by atoms with van der Waals surface area (Å²) >= 11 is 3.31. The summed E-state index contributed by atoms with van der Waals surface area (Å²) in [7, 11) is 1.39. The van der Waals surface area contributed by atoms with E-state index in [0.717, 1.165) is 10.0 Å². The van der Waals surface area contributed by atoms with Crippen LogP contribution in [0.4, 0.5) is 5.69 Å². The summed E-state index contributed by atoms with van der Waals surface area (Å²) in [6.07, 6.45) is 1.04. The molecule has 0 aromatic heterocycles. The predicted octanol–water partition coefficient (Wildman–Crippen LogP) is 2.14. The van der Waals surface area contributed by atoms with Crippen LogP contribution in [-0.4, -0.2) is 13.1 Å². The number of hydrogen-bond acceptors (Lipinski definition) is 3. The van der Waals surface area contributed by atoms with E-state index in [9.17, 15) is 4.79 Å². The number of carbonyl (C=O) groups excluding carboxylic acids is 1. The largest absolute Gasteiger partial charge is 0.469 e. The maximum Gasteiger partial charge on any atom is 0.305 e. The number of halogens is 1. The van der Waals surface area contributed by atoms with Crippen molar-refractivity contribution in [2.24, 2.45) is 0 Å². The minimum Gasteiger partial charge on any atom is -0.469 e. The molecule has 0 radical (unpaired) electrons. The molecule has 4 heteroatoms. The Bertz CT molecular complexity index is 339. The predicted molar refractivity (Wildman–Crippen MR) is 58.9 cm³/mol. The van der Waals surface area contributed by atoms with Gasteiger partial charge in [0, 0.05) is 16.6 Å². The maximum absolute atomic E-state index is 10.9. The maximum atomic E-state index is 10.9. The average Bonchev–Trinajstić information content (AvgIpc) is 2.19. The summed E-state index contributed by atoms with van der Waals surface area (Å²) in [6, 6.07) is 5.67. The zero-order valence-electron chi connectivity index (χ0n) is 7.92. The number of rotatable bonds is 3. The number of carbonyl (C=O) groups is 1. The first-order valence-electron chi connectivity index (χ1n) is 4.24. The second-order valence-electron chi connectivity index (χ2n) is 2.93. The molecule has 0 spiro atoms. The van der Waals surface area contributed by atoms with Crippen LogP contribution in [0.25, 0.3) is 0 Å². The summed E-state index contributed by atoms with van der Waals surface area (Å²) in [5, 5.41) is 0. The van der Waals surface area contributed by atoms with E-state index in [-0.39, 0.29) is 5.97 Å². The number of hydrogen-bond donors (Lipinski definition) is 1. The topological polar surface area (TPSA) is 52.3 Å².